The molecule has 0 radical (unpaired) electrons. The molecule has 0 spiro atoms. The van der Waals surface area contributed by atoms with E-state index in [1.807, 2.05) is 34.6 Å². The monoisotopic (exact) mass is 264 g/mol. The summed E-state index contributed by atoms with van der Waals surface area (Å²) in [5, 5.41) is 3.15. The van der Waals surface area contributed by atoms with Gasteiger partial charge >= 0.3 is 0 Å². The van der Waals surface area contributed by atoms with Crippen molar-refractivity contribution in [2.75, 3.05) is 25.0 Å². The second-order valence-corrected chi connectivity index (χ2v) is 4.65. The number of nitrogens with zero attached hydrogens (tertiary/aromatic N) is 3. The Labute approximate surface area is 115 Å². The highest BCUT2D eigenvalue weighted by Gasteiger charge is 2.20. The zero-order chi connectivity index (χ0) is 14.4. The van der Waals surface area contributed by atoms with Gasteiger partial charge in [0.05, 0.1) is 11.9 Å². The second kappa shape index (κ2) is 7.07. The third-order valence-electron chi connectivity index (χ3n) is 2.94. The molecule has 1 N–H and O–H groups in total. The number of amides is 1. The zero-order valence-corrected chi connectivity index (χ0v) is 12.5. The molecule has 0 aromatic carbocycles. The first-order valence-electron chi connectivity index (χ1n) is 6.95. The molecule has 0 aliphatic carbocycles. The Morgan fingerprint density at radius 2 is 1.95 bits per heavy atom. The highest BCUT2D eigenvalue weighted by atomic mass is 16.2. The van der Waals surface area contributed by atoms with Gasteiger partial charge in [0.15, 0.2) is 5.69 Å². The van der Waals surface area contributed by atoms with Gasteiger partial charge in [-0.1, -0.05) is 13.8 Å². The van der Waals surface area contributed by atoms with Crippen molar-refractivity contribution >= 4 is 11.6 Å². The number of hydrogen-bond acceptors (Lipinski definition) is 4. The maximum absolute atomic E-state index is 12.5. The van der Waals surface area contributed by atoms with Crippen molar-refractivity contribution < 1.29 is 4.79 Å². The van der Waals surface area contributed by atoms with Crippen LogP contribution >= 0.6 is 0 Å². The van der Waals surface area contributed by atoms with Crippen LogP contribution < -0.4 is 5.32 Å². The highest BCUT2D eigenvalue weighted by Crippen LogP contribution is 2.18. The van der Waals surface area contributed by atoms with Crippen molar-refractivity contribution in [3.8, 4) is 0 Å². The normalized spacial score (nSPS) is 10.6. The van der Waals surface area contributed by atoms with Crippen LogP contribution in [0.1, 0.15) is 56.8 Å². The molecule has 0 unspecified atom stereocenters. The Morgan fingerprint density at radius 1 is 1.32 bits per heavy atom. The Morgan fingerprint density at radius 3 is 2.42 bits per heavy atom. The molecule has 5 heteroatoms. The quantitative estimate of drug-likeness (QED) is 0.857. The summed E-state index contributed by atoms with van der Waals surface area (Å²) >= 11 is 0. The molecule has 0 bridgehead atoms. The van der Waals surface area contributed by atoms with E-state index in [4.69, 9.17) is 0 Å². The van der Waals surface area contributed by atoms with Gasteiger partial charge in [-0.2, -0.15) is 0 Å². The lowest BCUT2D eigenvalue weighted by atomic mass is 10.2. The van der Waals surface area contributed by atoms with Gasteiger partial charge in [0.1, 0.15) is 5.82 Å². The number of aromatic nitrogens is 2. The summed E-state index contributed by atoms with van der Waals surface area (Å²) < 4.78 is 0. The lowest BCUT2D eigenvalue weighted by molar-refractivity contribution is 0.0767. The average molecular weight is 264 g/mol. The lowest BCUT2D eigenvalue weighted by Crippen LogP contribution is -2.32. The number of anilines is 1. The standard InChI is InChI=1S/C14H24N4O/c1-6-15-11-9-16-13(10(4)5)17-12(11)14(19)18(7-2)8-3/h9-10,15H,6-8H2,1-5H3. The predicted octanol–water partition coefficient (Wildman–Crippen LogP) is 2.51. The minimum absolute atomic E-state index is 0.0368. The molecular formula is C14H24N4O. The first kappa shape index (κ1) is 15.4. The average Bonchev–Trinajstić information content (AvgIpc) is 2.40. The second-order valence-electron chi connectivity index (χ2n) is 4.65. The summed E-state index contributed by atoms with van der Waals surface area (Å²) in [6.45, 7) is 12.1. The number of carbonyl (C=O) groups excluding carboxylic acids is 1. The molecule has 106 valence electrons. The minimum Gasteiger partial charge on any atom is -0.382 e. The molecule has 0 atom stereocenters. The van der Waals surface area contributed by atoms with Crippen LogP contribution in [0.15, 0.2) is 6.20 Å². The van der Waals surface area contributed by atoms with Crippen molar-refractivity contribution in [1.29, 1.82) is 0 Å². The van der Waals surface area contributed by atoms with Crippen molar-refractivity contribution in [2.45, 2.75) is 40.5 Å². The van der Waals surface area contributed by atoms with Crippen LogP contribution in [-0.2, 0) is 0 Å². The SMILES string of the molecule is CCNc1cnc(C(C)C)nc1C(=O)N(CC)CC. The van der Waals surface area contributed by atoms with Gasteiger partial charge < -0.3 is 10.2 Å². The molecular weight excluding hydrogens is 240 g/mol. The topological polar surface area (TPSA) is 58.1 Å². The number of carbonyl (C=O) groups is 1. The van der Waals surface area contributed by atoms with E-state index in [0.29, 0.717) is 30.3 Å². The van der Waals surface area contributed by atoms with Gasteiger partial charge in [-0.15, -0.1) is 0 Å². The maximum atomic E-state index is 12.5. The fourth-order valence-corrected chi connectivity index (χ4v) is 1.82. The van der Waals surface area contributed by atoms with E-state index in [-0.39, 0.29) is 11.8 Å². The van der Waals surface area contributed by atoms with Crippen molar-refractivity contribution in [3.05, 3.63) is 17.7 Å². The molecule has 19 heavy (non-hydrogen) atoms. The largest absolute Gasteiger partial charge is 0.382 e. The van der Waals surface area contributed by atoms with E-state index < -0.39 is 0 Å². The van der Waals surface area contributed by atoms with E-state index in [1.54, 1.807) is 11.1 Å². The Bertz CT molecular complexity index is 427. The number of rotatable bonds is 6. The minimum atomic E-state index is -0.0368. The van der Waals surface area contributed by atoms with Crippen LogP contribution in [0.25, 0.3) is 0 Å². The Kier molecular flexibility index (Phi) is 5.73. The van der Waals surface area contributed by atoms with Crippen molar-refractivity contribution in [3.63, 3.8) is 0 Å². The van der Waals surface area contributed by atoms with Crippen LogP contribution in [0, 0.1) is 0 Å². The van der Waals surface area contributed by atoms with Gasteiger partial charge in [-0.05, 0) is 20.8 Å². The molecule has 1 rings (SSSR count). The molecule has 0 saturated heterocycles. The first-order chi connectivity index (χ1) is 9.04. The van der Waals surface area contributed by atoms with Gasteiger partial charge in [-0.25, -0.2) is 9.97 Å². The zero-order valence-electron chi connectivity index (χ0n) is 12.5. The summed E-state index contributed by atoms with van der Waals surface area (Å²) in [6, 6.07) is 0. The third kappa shape index (κ3) is 3.66. The first-order valence-corrected chi connectivity index (χ1v) is 6.95. The Hall–Kier alpha value is -1.65. The van der Waals surface area contributed by atoms with Crippen molar-refractivity contribution in [1.82, 2.24) is 14.9 Å². The summed E-state index contributed by atoms with van der Waals surface area (Å²) in [4.78, 5) is 23.0. The predicted molar refractivity (Wildman–Crippen MR) is 77.5 cm³/mol. The van der Waals surface area contributed by atoms with Crippen LogP contribution in [0.5, 0.6) is 0 Å². The molecule has 1 aromatic rings. The van der Waals surface area contributed by atoms with E-state index >= 15 is 0 Å². The van der Waals surface area contributed by atoms with Gasteiger partial charge in [-0.3, -0.25) is 4.79 Å². The van der Waals surface area contributed by atoms with Gasteiger partial charge in [0.2, 0.25) is 0 Å². The van der Waals surface area contributed by atoms with E-state index in [2.05, 4.69) is 15.3 Å². The van der Waals surface area contributed by atoms with Crippen molar-refractivity contribution in [2.24, 2.45) is 0 Å². The fraction of sp³-hybridized carbons (Fsp3) is 0.643. The lowest BCUT2D eigenvalue weighted by Gasteiger charge is -2.20. The van der Waals surface area contributed by atoms with Crippen LogP contribution in [0.2, 0.25) is 0 Å². The van der Waals surface area contributed by atoms with Crippen LogP contribution in [-0.4, -0.2) is 40.4 Å². The van der Waals surface area contributed by atoms with Crippen LogP contribution in [0.3, 0.4) is 0 Å². The molecule has 1 aromatic heterocycles. The molecule has 1 amide bonds. The maximum Gasteiger partial charge on any atom is 0.274 e. The van der Waals surface area contributed by atoms with Gasteiger partial charge in [0, 0.05) is 25.6 Å². The Balaban J connectivity index is 3.19. The molecule has 5 nitrogen and oxygen atoms in total. The molecule has 0 aliphatic heterocycles. The summed E-state index contributed by atoms with van der Waals surface area (Å²) in [5.74, 6) is 0.876. The van der Waals surface area contributed by atoms with Crippen LogP contribution in [0.4, 0.5) is 5.69 Å². The van der Waals surface area contributed by atoms with E-state index in [9.17, 15) is 4.79 Å². The molecule has 0 aliphatic rings. The third-order valence-corrected chi connectivity index (χ3v) is 2.94. The van der Waals surface area contributed by atoms with E-state index in [0.717, 1.165) is 6.54 Å². The molecule has 0 fully saturated rings. The molecule has 0 saturated carbocycles. The summed E-state index contributed by atoms with van der Waals surface area (Å²) in [5.41, 5.74) is 1.19. The van der Waals surface area contributed by atoms with Gasteiger partial charge in [0.25, 0.3) is 5.91 Å². The van der Waals surface area contributed by atoms with E-state index in [1.165, 1.54) is 0 Å². The molecule has 1 heterocycles. The highest BCUT2D eigenvalue weighted by molar-refractivity contribution is 5.97. The number of nitrogens with one attached hydrogen (secondary N) is 1. The fourth-order valence-electron chi connectivity index (χ4n) is 1.82. The number of hydrogen-bond donors (Lipinski definition) is 1. The summed E-state index contributed by atoms with van der Waals surface area (Å²) in [6.07, 6.45) is 1.71. The summed E-state index contributed by atoms with van der Waals surface area (Å²) in [7, 11) is 0. The smallest absolute Gasteiger partial charge is 0.274 e.